The van der Waals surface area contributed by atoms with Crippen LogP contribution in [-0.4, -0.2) is 28.0 Å². The van der Waals surface area contributed by atoms with Gasteiger partial charge in [0.05, 0.1) is 17.4 Å². The van der Waals surface area contributed by atoms with Crippen molar-refractivity contribution in [3.63, 3.8) is 0 Å². The maximum absolute atomic E-state index is 4.49. The molecule has 2 aromatic heterocycles. The van der Waals surface area contributed by atoms with Crippen LogP contribution >= 0.6 is 0 Å². The van der Waals surface area contributed by atoms with E-state index in [0.29, 0.717) is 0 Å². The zero-order valence-electron chi connectivity index (χ0n) is 13.4. The third kappa shape index (κ3) is 2.04. The number of nitrogens with zero attached hydrogens (tertiary/aromatic N) is 3. The number of aryl methyl sites for hydroxylation is 2. The molecule has 1 aliphatic heterocycles. The van der Waals surface area contributed by atoms with E-state index in [-0.39, 0.29) is 0 Å². The van der Waals surface area contributed by atoms with Gasteiger partial charge in [0.15, 0.2) is 0 Å². The van der Waals surface area contributed by atoms with E-state index in [1.54, 1.807) is 0 Å². The molecule has 0 amide bonds. The molecule has 0 radical (unpaired) electrons. The molecule has 3 nitrogen and oxygen atoms in total. The van der Waals surface area contributed by atoms with Gasteiger partial charge in [0.2, 0.25) is 0 Å². The van der Waals surface area contributed by atoms with Gasteiger partial charge >= 0.3 is 0 Å². The average Bonchev–Trinajstić information content (AvgIpc) is 2.81. The van der Waals surface area contributed by atoms with E-state index in [0.717, 1.165) is 25.2 Å². The van der Waals surface area contributed by atoms with E-state index < -0.39 is 0 Å². The van der Waals surface area contributed by atoms with Gasteiger partial charge in [0.1, 0.15) is 0 Å². The standard InChI is InChI=1S/C19H21N3/c1-13-4-7-18-16(10-13)17-12-21(3)9-8-19(17)22(18)15-6-5-14(2)20-11-15/h4-7,10-11H,8-9,12H2,1-3H3. The van der Waals surface area contributed by atoms with Crippen molar-refractivity contribution in [2.45, 2.75) is 26.8 Å². The molecule has 112 valence electrons. The number of hydrogen-bond acceptors (Lipinski definition) is 2. The van der Waals surface area contributed by atoms with Gasteiger partial charge in [-0.2, -0.15) is 0 Å². The Labute approximate surface area is 131 Å². The van der Waals surface area contributed by atoms with E-state index in [4.69, 9.17) is 0 Å². The quantitative estimate of drug-likeness (QED) is 0.682. The molecule has 0 unspecified atom stereocenters. The second-order valence-electron chi connectivity index (χ2n) is 6.43. The van der Waals surface area contributed by atoms with Gasteiger partial charge in [-0.15, -0.1) is 0 Å². The first kappa shape index (κ1) is 13.5. The molecule has 0 spiro atoms. The molecule has 0 atom stereocenters. The van der Waals surface area contributed by atoms with Gasteiger partial charge in [0, 0.05) is 36.3 Å². The van der Waals surface area contributed by atoms with Gasteiger partial charge < -0.3 is 9.47 Å². The van der Waals surface area contributed by atoms with Crippen LogP contribution in [0.3, 0.4) is 0 Å². The molecule has 0 aliphatic carbocycles. The highest BCUT2D eigenvalue weighted by Crippen LogP contribution is 2.33. The second kappa shape index (κ2) is 4.96. The fraction of sp³-hybridized carbons (Fsp3) is 0.316. The first-order valence-corrected chi connectivity index (χ1v) is 7.88. The van der Waals surface area contributed by atoms with E-state index in [1.807, 2.05) is 13.1 Å². The summed E-state index contributed by atoms with van der Waals surface area (Å²) in [4.78, 5) is 6.90. The molecular weight excluding hydrogens is 270 g/mol. The van der Waals surface area contributed by atoms with Crippen LogP contribution in [-0.2, 0) is 13.0 Å². The van der Waals surface area contributed by atoms with Crippen molar-refractivity contribution < 1.29 is 0 Å². The Bertz CT molecular complexity index is 843. The maximum Gasteiger partial charge on any atom is 0.0642 e. The molecule has 1 aromatic carbocycles. The lowest BCUT2D eigenvalue weighted by Gasteiger charge is -2.24. The summed E-state index contributed by atoms with van der Waals surface area (Å²) in [6.07, 6.45) is 3.08. The van der Waals surface area contributed by atoms with E-state index in [9.17, 15) is 0 Å². The van der Waals surface area contributed by atoms with Crippen LogP contribution < -0.4 is 0 Å². The number of likely N-dealkylation sites (N-methyl/N-ethyl adjacent to an activating group) is 1. The maximum atomic E-state index is 4.49. The van der Waals surface area contributed by atoms with Crippen LogP contribution in [0.2, 0.25) is 0 Å². The van der Waals surface area contributed by atoms with Gasteiger partial charge in [-0.25, -0.2) is 0 Å². The van der Waals surface area contributed by atoms with Gasteiger partial charge in [-0.1, -0.05) is 11.6 Å². The molecular formula is C19H21N3. The number of aromatic nitrogens is 2. The van der Waals surface area contributed by atoms with Crippen molar-refractivity contribution >= 4 is 10.9 Å². The smallest absolute Gasteiger partial charge is 0.0642 e. The lowest BCUT2D eigenvalue weighted by atomic mass is 10.0. The normalized spacial score (nSPS) is 15.2. The zero-order chi connectivity index (χ0) is 15.3. The Balaban J connectivity index is 2.03. The topological polar surface area (TPSA) is 21.1 Å². The summed E-state index contributed by atoms with van der Waals surface area (Å²) in [6, 6.07) is 11.1. The third-order valence-corrected chi connectivity index (χ3v) is 4.65. The highest BCUT2D eigenvalue weighted by molar-refractivity contribution is 5.88. The molecule has 3 aromatic rings. The highest BCUT2D eigenvalue weighted by atomic mass is 15.1. The Hall–Kier alpha value is -2.13. The molecule has 1 aliphatic rings. The number of benzene rings is 1. The molecule has 3 heteroatoms. The molecule has 3 heterocycles. The minimum atomic E-state index is 1.03. The van der Waals surface area contributed by atoms with Crippen molar-refractivity contribution in [3.8, 4) is 5.69 Å². The molecule has 22 heavy (non-hydrogen) atoms. The number of rotatable bonds is 1. The van der Waals surface area contributed by atoms with E-state index in [1.165, 1.54) is 33.4 Å². The molecule has 0 saturated carbocycles. The number of fused-ring (bicyclic) bond motifs is 3. The summed E-state index contributed by atoms with van der Waals surface area (Å²) in [5.74, 6) is 0. The number of hydrogen-bond donors (Lipinski definition) is 0. The Morgan fingerprint density at radius 3 is 2.73 bits per heavy atom. The van der Waals surface area contributed by atoms with Crippen LogP contribution in [0.15, 0.2) is 36.5 Å². The van der Waals surface area contributed by atoms with Gasteiger partial charge in [0.25, 0.3) is 0 Å². The van der Waals surface area contributed by atoms with E-state index >= 15 is 0 Å². The van der Waals surface area contributed by atoms with Crippen LogP contribution in [0.4, 0.5) is 0 Å². The second-order valence-corrected chi connectivity index (χ2v) is 6.43. The SMILES string of the molecule is Cc1ccc2c(c1)c1c(n2-c2ccc(C)nc2)CCN(C)C1. The molecule has 0 saturated heterocycles. The predicted octanol–water partition coefficient (Wildman–Crippen LogP) is 3.63. The van der Waals surface area contributed by atoms with Crippen LogP contribution in [0.25, 0.3) is 16.6 Å². The summed E-state index contributed by atoms with van der Waals surface area (Å²) < 4.78 is 2.41. The monoisotopic (exact) mass is 291 g/mol. The molecule has 0 N–H and O–H groups in total. The fourth-order valence-electron chi connectivity index (χ4n) is 3.49. The lowest BCUT2D eigenvalue weighted by Crippen LogP contribution is -2.27. The number of pyridine rings is 1. The Morgan fingerprint density at radius 1 is 1.09 bits per heavy atom. The largest absolute Gasteiger partial charge is 0.312 e. The highest BCUT2D eigenvalue weighted by Gasteiger charge is 2.23. The van der Waals surface area contributed by atoms with E-state index in [2.05, 4.69) is 58.8 Å². The average molecular weight is 291 g/mol. The van der Waals surface area contributed by atoms with Crippen molar-refractivity contribution in [2.75, 3.05) is 13.6 Å². The fourth-order valence-corrected chi connectivity index (χ4v) is 3.49. The zero-order valence-corrected chi connectivity index (χ0v) is 13.4. The summed E-state index contributed by atoms with van der Waals surface area (Å²) >= 11 is 0. The van der Waals surface area contributed by atoms with Crippen LogP contribution in [0.1, 0.15) is 22.5 Å². The lowest BCUT2D eigenvalue weighted by molar-refractivity contribution is 0.311. The first-order chi connectivity index (χ1) is 10.6. The predicted molar refractivity (Wildman–Crippen MR) is 90.6 cm³/mol. The summed E-state index contributed by atoms with van der Waals surface area (Å²) in [6.45, 7) is 6.34. The van der Waals surface area contributed by atoms with Crippen molar-refractivity contribution in [3.05, 3.63) is 59.0 Å². The third-order valence-electron chi connectivity index (χ3n) is 4.65. The van der Waals surface area contributed by atoms with Gasteiger partial charge in [-0.05, 0) is 50.7 Å². The van der Waals surface area contributed by atoms with Gasteiger partial charge in [-0.3, -0.25) is 4.98 Å². The summed E-state index contributed by atoms with van der Waals surface area (Å²) in [7, 11) is 2.20. The van der Waals surface area contributed by atoms with Crippen LogP contribution in [0, 0.1) is 13.8 Å². The van der Waals surface area contributed by atoms with Crippen LogP contribution in [0.5, 0.6) is 0 Å². The minimum Gasteiger partial charge on any atom is -0.312 e. The van der Waals surface area contributed by atoms with Crippen molar-refractivity contribution in [1.82, 2.24) is 14.5 Å². The minimum absolute atomic E-state index is 1.03. The van der Waals surface area contributed by atoms with Crippen molar-refractivity contribution in [1.29, 1.82) is 0 Å². The molecule has 0 fully saturated rings. The first-order valence-electron chi connectivity index (χ1n) is 7.88. The van der Waals surface area contributed by atoms with Crippen molar-refractivity contribution in [2.24, 2.45) is 0 Å². The Kier molecular flexibility index (Phi) is 3.05. The Morgan fingerprint density at radius 2 is 1.95 bits per heavy atom. The summed E-state index contributed by atoms with van der Waals surface area (Å²) in [5.41, 5.74) is 7.78. The molecule has 4 rings (SSSR count). The summed E-state index contributed by atoms with van der Waals surface area (Å²) in [5, 5.41) is 1.39. The molecule has 0 bridgehead atoms.